The largest absolute Gasteiger partial charge is 0.369 e. The Morgan fingerprint density at radius 2 is 1.70 bits per heavy atom. The maximum atomic E-state index is 13.7. The molecule has 1 saturated heterocycles. The molecular weight excluding hydrogens is 505 g/mol. The van der Waals surface area contributed by atoms with Crippen molar-refractivity contribution >= 4 is 16.6 Å². The molecule has 0 bridgehead atoms. The second kappa shape index (κ2) is 11.0. The van der Waals surface area contributed by atoms with E-state index in [9.17, 15) is 9.18 Å². The molecule has 3 heterocycles. The summed E-state index contributed by atoms with van der Waals surface area (Å²) >= 11 is 0. The monoisotopic (exact) mass is 537 g/mol. The number of hydrogen-bond acceptors (Lipinski definition) is 6. The molecule has 1 aliphatic rings. The number of nitrogens with zero attached hydrogens (tertiary/aromatic N) is 6. The van der Waals surface area contributed by atoms with Crippen LogP contribution in [0.2, 0.25) is 0 Å². The van der Waals surface area contributed by atoms with Gasteiger partial charge in [-0.15, -0.1) is 5.10 Å². The SMILES string of the molecule is Cc1ccc2cc([C@H](c3nnnn3CCc3ccccc3)N3CCN(c4ccc(F)cc4)CC3)c(=O)[nH]c2c1C. The minimum Gasteiger partial charge on any atom is -0.369 e. The number of rotatable bonds is 7. The Morgan fingerprint density at radius 1 is 0.950 bits per heavy atom. The molecule has 0 saturated carbocycles. The molecule has 6 rings (SSSR count). The van der Waals surface area contributed by atoms with Gasteiger partial charge in [0, 0.05) is 44.0 Å². The van der Waals surface area contributed by atoms with Crippen LogP contribution in [0.25, 0.3) is 10.9 Å². The molecule has 0 aliphatic carbocycles. The third-order valence-corrected chi connectivity index (χ3v) is 8.00. The van der Waals surface area contributed by atoms with Crippen molar-refractivity contribution in [1.29, 1.82) is 0 Å². The van der Waals surface area contributed by atoms with E-state index in [4.69, 9.17) is 0 Å². The molecule has 0 amide bonds. The standard InChI is InChI=1S/C31H32FN7O/c1-21-8-9-24-20-27(31(40)33-28(24)22(21)2)29(30-34-35-36-39(30)15-14-23-6-4-3-5-7-23)38-18-16-37(17-19-38)26-12-10-25(32)11-13-26/h3-13,20,29H,14-19H2,1-2H3,(H,33,40)/t29-/m1/s1. The average Bonchev–Trinajstić information content (AvgIpc) is 3.44. The Labute approximate surface area is 232 Å². The summed E-state index contributed by atoms with van der Waals surface area (Å²) in [4.78, 5) is 21.4. The molecule has 0 spiro atoms. The lowest BCUT2D eigenvalue weighted by Gasteiger charge is -2.39. The summed E-state index contributed by atoms with van der Waals surface area (Å²) in [5.74, 6) is 0.408. The van der Waals surface area contributed by atoms with E-state index in [1.807, 2.05) is 54.9 Å². The number of tetrazole rings is 1. The fourth-order valence-electron chi connectivity index (χ4n) is 5.58. The summed E-state index contributed by atoms with van der Waals surface area (Å²) in [6.45, 7) is 7.53. The Bertz CT molecular complexity index is 1670. The van der Waals surface area contributed by atoms with Crippen LogP contribution in [0.5, 0.6) is 0 Å². The third-order valence-electron chi connectivity index (χ3n) is 8.00. The number of pyridine rings is 1. The number of aromatic amines is 1. The van der Waals surface area contributed by atoms with E-state index in [1.165, 1.54) is 17.7 Å². The van der Waals surface area contributed by atoms with E-state index in [0.717, 1.165) is 47.2 Å². The van der Waals surface area contributed by atoms with Crippen molar-refractivity contribution in [3.8, 4) is 0 Å². The van der Waals surface area contributed by atoms with Crippen LogP contribution >= 0.6 is 0 Å². The highest BCUT2D eigenvalue weighted by molar-refractivity contribution is 5.83. The first-order chi connectivity index (χ1) is 19.5. The number of anilines is 1. The van der Waals surface area contributed by atoms with Crippen molar-refractivity contribution in [3.05, 3.63) is 117 Å². The van der Waals surface area contributed by atoms with Gasteiger partial charge in [-0.3, -0.25) is 9.69 Å². The highest BCUT2D eigenvalue weighted by Crippen LogP contribution is 2.30. The number of H-pyrrole nitrogens is 1. The highest BCUT2D eigenvalue weighted by atomic mass is 19.1. The second-order valence-corrected chi connectivity index (χ2v) is 10.4. The minimum absolute atomic E-state index is 0.134. The van der Waals surface area contributed by atoms with E-state index >= 15 is 0 Å². The quantitative estimate of drug-likeness (QED) is 0.331. The molecule has 2 aromatic heterocycles. The molecule has 40 heavy (non-hydrogen) atoms. The Kier molecular flexibility index (Phi) is 7.13. The van der Waals surface area contributed by atoms with Crippen LogP contribution in [-0.2, 0) is 13.0 Å². The van der Waals surface area contributed by atoms with Gasteiger partial charge in [0.2, 0.25) is 0 Å². The predicted molar refractivity (Wildman–Crippen MR) is 154 cm³/mol. The zero-order chi connectivity index (χ0) is 27.6. The summed E-state index contributed by atoms with van der Waals surface area (Å²) < 4.78 is 15.3. The molecular formula is C31H32FN7O. The Balaban J connectivity index is 1.36. The van der Waals surface area contributed by atoms with Crippen molar-refractivity contribution < 1.29 is 4.39 Å². The molecule has 3 aromatic carbocycles. The van der Waals surface area contributed by atoms with Crippen LogP contribution in [0.4, 0.5) is 10.1 Å². The van der Waals surface area contributed by atoms with Crippen LogP contribution in [0, 0.1) is 19.7 Å². The predicted octanol–water partition coefficient (Wildman–Crippen LogP) is 4.42. The van der Waals surface area contributed by atoms with Gasteiger partial charge in [0.15, 0.2) is 5.82 Å². The molecule has 1 atom stereocenters. The average molecular weight is 538 g/mol. The van der Waals surface area contributed by atoms with E-state index in [1.54, 1.807) is 0 Å². The fourth-order valence-corrected chi connectivity index (χ4v) is 5.58. The molecule has 5 aromatic rings. The number of nitrogens with one attached hydrogen (secondary N) is 1. The third kappa shape index (κ3) is 5.12. The van der Waals surface area contributed by atoms with Crippen molar-refractivity contribution in [2.24, 2.45) is 0 Å². The molecule has 0 unspecified atom stereocenters. The van der Waals surface area contributed by atoms with Gasteiger partial charge in [0.1, 0.15) is 11.9 Å². The number of aryl methyl sites for hydroxylation is 4. The van der Waals surface area contributed by atoms with Crippen LogP contribution in [0.3, 0.4) is 0 Å². The van der Waals surface area contributed by atoms with Gasteiger partial charge < -0.3 is 9.88 Å². The van der Waals surface area contributed by atoms with Gasteiger partial charge in [0.05, 0.1) is 5.52 Å². The van der Waals surface area contributed by atoms with Gasteiger partial charge in [-0.2, -0.15) is 0 Å². The normalized spacial score (nSPS) is 15.0. The number of benzene rings is 3. The maximum Gasteiger partial charge on any atom is 0.253 e. The van der Waals surface area contributed by atoms with E-state index in [2.05, 4.69) is 54.6 Å². The van der Waals surface area contributed by atoms with Crippen LogP contribution in [0.1, 0.15) is 34.1 Å². The van der Waals surface area contributed by atoms with Crippen LogP contribution in [0.15, 0.2) is 77.6 Å². The molecule has 1 fully saturated rings. The molecule has 1 aliphatic heterocycles. The van der Waals surface area contributed by atoms with Crippen molar-refractivity contribution in [2.75, 3.05) is 31.1 Å². The number of piperazine rings is 1. The number of hydrogen-bond donors (Lipinski definition) is 1. The first-order valence-corrected chi connectivity index (χ1v) is 13.7. The minimum atomic E-state index is -0.420. The smallest absolute Gasteiger partial charge is 0.253 e. The Hall–Kier alpha value is -4.37. The van der Waals surface area contributed by atoms with Crippen molar-refractivity contribution in [1.82, 2.24) is 30.1 Å². The van der Waals surface area contributed by atoms with Crippen molar-refractivity contribution in [3.63, 3.8) is 0 Å². The molecule has 204 valence electrons. The molecule has 9 heteroatoms. The van der Waals surface area contributed by atoms with Gasteiger partial charge in [-0.25, -0.2) is 9.07 Å². The second-order valence-electron chi connectivity index (χ2n) is 10.4. The zero-order valence-electron chi connectivity index (χ0n) is 22.7. The first kappa shape index (κ1) is 25.9. The lowest BCUT2D eigenvalue weighted by atomic mass is 9.99. The summed E-state index contributed by atoms with van der Waals surface area (Å²) in [5.41, 5.74) is 5.74. The molecule has 0 radical (unpaired) electrons. The lowest BCUT2D eigenvalue weighted by Crippen LogP contribution is -2.49. The summed E-state index contributed by atoms with van der Waals surface area (Å²) in [6, 6.07) is 22.5. The van der Waals surface area contributed by atoms with Gasteiger partial charge in [-0.05, 0) is 83.1 Å². The van der Waals surface area contributed by atoms with Gasteiger partial charge >= 0.3 is 0 Å². The molecule has 8 nitrogen and oxygen atoms in total. The van der Waals surface area contributed by atoms with E-state index in [0.29, 0.717) is 31.0 Å². The topological polar surface area (TPSA) is 82.9 Å². The summed E-state index contributed by atoms with van der Waals surface area (Å²) in [7, 11) is 0. The van der Waals surface area contributed by atoms with Gasteiger partial charge in [0.25, 0.3) is 5.56 Å². The maximum absolute atomic E-state index is 13.7. The van der Waals surface area contributed by atoms with E-state index < -0.39 is 6.04 Å². The molecule has 1 N–H and O–H groups in total. The summed E-state index contributed by atoms with van der Waals surface area (Å²) in [5, 5.41) is 13.8. The van der Waals surface area contributed by atoms with Crippen molar-refractivity contribution in [2.45, 2.75) is 32.9 Å². The Morgan fingerprint density at radius 3 is 2.45 bits per heavy atom. The number of aromatic nitrogens is 5. The van der Waals surface area contributed by atoms with E-state index in [-0.39, 0.29) is 11.4 Å². The fraction of sp³-hybridized carbons (Fsp3) is 0.290. The first-order valence-electron chi connectivity index (χ1n) is 13.7. The zero-order valence-corrected chi connectivity index (χ0v) is 22.7. The highest BCUT2D eigenvalue weighted by Gasteiger charge is 2.33. The number of halogens is 1. The van der Waals surface area contributed by atoms with Gasteiger partial charge in [-0.1, -0.05) is 42.5 Å². The summed E-state index contributed by atoms with van der Waals surface area (Å²) in [6.07, 6.45) is 0.774. The lowest BCUT2D eigenvalue weighted by molar-refractivity contribution is 0.199. The van der Waals surface area contributed by atoms with Crippen LogP contribution in [-0.4, -0.2) is 56.3 Å². The number of fused-ring (bicyclic) bond motifs is 1. The van der Waals surface area contributed by atoms with Crippen LogP contribution < -0.4 is 10.5 Å².